The number of imide groups is 1. The fourth-order valence-corrected chi connectivity index (χ4v) is 5.71. The SMILES string of the molecule is COc1cccc(C(=O)CN(C(=O)c2cccc([N+](=O)[O-])c2)N2C(=O)[C@@H]3C[C@H](Br)[C@@H](Br)C[C@H]3C2=O)c1. The molecule has 0 radical (unpaired) electrons. The Balaban J connectivity index is 1.72. The van der Waals surface area contributed by atoms with Crippen molar-refractivity contribution in [2.24, 2.45) is 11.8 Å². The third-order valence-corrected chi connectivity index (χ3v) is 9.09. The van der Waals surface area contributed by atoms with Gasteiger partial charge in [-0.1, -0.05) is 50.1 Å². The largest absolute Gasteiger partial charge is 0.497 e. The Morgan fingerprint density at radius 2 is 1.61 bits per heavy atom. The summed E-state index contributed by atoms with van der Waals surface area (Å²) in [6.45, 7) is -0.624. The molecule has 1 aliphatic heterocycles. The van der Waals surface area contributed by atoms with Gasteiger partial charge in [-0.25, -0.2) is 5.01 Å². The molecule has 36 heavy (non-hydrogen) atoms. The van der Waals surface area contributed by atoms with E-state index >= 15 is 0 Å². The zero-order chi connectivity index (χ0) is 26.1. The summed E-state index contributed by atoms with van der Waals surface area (Å²) in [5, 5.41) is 12.8. The summed E-state index contributed by atoms with van der Waals surface area (Å²) < 4.78 is 5.16. The Morgan fingerprint density at radius 3 is 2.19 bits per heavy atom. The Hall–Kier alpha value is -3.12. The van der Waals surface area contributed by atoms with Gasteiger partial charge in [0.1, 0.15) is 12.3 Å². The van der Waals surface area contributed by atoms with Crippen molar-refractivity contribution >= 4 is 61.1 Å². The number of carbonyl (C=O) groups excluding carboxylic acids is 4. The number of fused-ring (bicyclic) bond motifs is 1. The first-order chi connectivity index (χ1) is 17.1. The molecule has 0 aromatic heterocycles. The van der Waals surface area contributed by atoms with Crippen molar-refractivity contribution < 1.29 is 28.8 Å². The minimum atomic E-state index is -0.874. The normalized spacial score (nSPS) is 23.2. The number of amides is 3. The summed E-state index contributed by atoms with van der Waals surface area (Å²) in [6, 6.07) is 11.2. The summed E-state index contributed by atoms with van der Waals surface area (Å²) in [5.74, 6) is -3.45. The van der Waals surface area contributed by atoms with Gasteiger partial charge in [-0.15, -0.1) is 0 Å². The van der Waals surface area contributed by atoms with E-state index < -0.39 is 46.8 Å². The minimum absolute atomic E-state index is 0.0465. The van der Waals surface area contributed by atoms with E-state index in [2.05, 4.69) is 31.9 Å². The topological polar surface area (TPSA) is 127 Å². The lowest BCUT2D eigenvalue weighted by Gasteiger charge is -2.30. The number of hydrogen-bond donors (Lipinski definition) is 0. The van der Waals surface area contributed by atoms with Crippen LogP contribution in [0.2, 0.25) is 0 Å². The Labute approximate surface area is 222 Å². The third kappa shape index (κ3) is 4.92. The first-order valence-corrected chi connectivity index (χ1v) is 12.8. The number of alkyl halides is 2. The Bertz CT molecular complexity index is 1230. The van der Waals surface area contributed by atoms with E-state index in [1.54, 1.807) is 12.1 Å². The Kier molecular flexibility index (Phi) is 7.55. The second kappa shape index (κ2) is 10.5. The average Bonchev–Trinajstić information content (AvgIpc) is 3.11. The van der Waals surface area contributed by atoms with Crippen molar-refractivity contribution in [1.29, 1.82) is 0 Å². The van der Waals surface area contributed by atoms with E-state index in [0.717, 1.165) is 16.1 Å². The average molecular weight is 623 g/mol. The molecule has 0 N–H and O–H groups in total. The standard InChI is InChI=1S/C24H21Br2N3O7/c1-36-16-7-3-4-13(9-16)21(30)12-27(22(31)14-5-2-6-15(8-14)29(34)35)28-23(32)17-10-19(25)20(26)11-18(17)24(28)33/h2-9,17-20H,10-12H2,1H3/t17-,18-,19+,20+/m1/s1. The molecule has 1 saturated carbocycles. The number of rotatable bonds is 7. The highest BCUT2D eigenvalue weighted by Gasteiger charge is 2.54. The van der Waals surface area contributed by atoms with Crippen LogP contribution in [0.3, 0.4) is 0 Å². The van der Waals surface area contributed by atoms with Crippen LogP contribution in [0, 0.1) is 22.0 Å². The molecule has 1 heterocycles. The number of methoxy groups -OCH3 is 1. The molecule has 3 amide bonds. The van der Waals surface area contributed by atoms with Gasteiger partial charge in [-0.2, -0.15) is 5.01 Å². The summed E-state index contributed by atoms with van der Waals surface area (Å²) in [7, 11) is 1.44. The number of halogens is 2. The van der Waals surface area contributed by atoms with Crippen molar-refractivity contribution in [3.63, 3.8) is 0 Å². The van der Waals surface area contributed by atoms with Crippen LogP contribution in [-0.2, 0) is 9.59 Å². The van der Waals surface area contributed by atoms with E-state index in [0.29, 0.717) is 18.6 Å². The molecule has 12 heteroatoms. The van der Waals surface area contributed by atoms with E-state index in [1.165, 1.54) is 37.4 Å². The molecule has 10 nitrogen and oxygen atoms in total. The van der Waals surface area contributed by atoms with Crippen LogP contribution in [0.15, 0.2) is 48.5 Å². The molecule has 1 saturated heterocycles. The molecule has 0 unspecified atom stereocenters. The number of ether oxygens (including phenoxy) is 1. The smallest absolute Gasteiger partial charge is 0.273 e. The summed E-state index contributed by atoms with van der Waals surface area (Å²) in [5.41, 5.74) is -0.254. The van der Waals surface area contributed by atoms with Crippen LogP contribution in [0.1, 0.15) is 33.6 Å². The van der Waals surface area contributed by atoms with Gasteiger partial charge in [0.05, 0.1) is 23.9 Å². The number of nitro groups is 1. The van der Waals surface area contributed by atoms with E-state index in [4.69, 9.17) is 4.74 Å². The van der Waals surface area contributed by atoms with Crippen molar-refractivity contribution in [3.8, 4) is 5.75 Å². The molecule has 4 rings (SSSR count). The first kappa shape index (κ1) is 26.0. The zero-order valence-electron chi connectivity index (χ0n) is 19.0. The van der Waals surface area contributed by atoms with Gasteiger partial charge in [-0.05, 0) is 31.0 Å². The molecule has 0 spiro atoms. The van der Waals surface area contributed by atoms with Crippen LogP contribution >= 0.6 is 31.9 Å². The van der Waals surface area contributed by atoms with Crippen molar-refractivity contribution in [2.75, 3.05) is 13.7 Å². The lowest BCUT2D eigenvalue weighted by Crippen LogP contribution is -2.52. The number of hydrazine groups is 1. The third-order valence-electron chi connectivity index (χ3n) is 6.35. The lowest BCUT2D eigenvalue weighted by molar-refractivity contribution is -0.384. The second-order valence-corrected chi connectivity index (χ2v) is 10.9. The zero-order valence-corrected chi connectivity index (χ0v) is 22.2. The van der Waals surface area contributed by atoms with E-state index in [-0.39, 0.29) is 26.5 Å². The molecule has 2 fully saturated rings. The Morgan fingerprint density at radius 1 is 1.03 bits per heavy atom. The summed E-state index contributed by atoms with van der Waals surface area (Å²) in [6.07, 6.45) is 0.759. The van der Waals surface area contributed by atoms with E-state index in [9.17, 15) is 29.3 Å². The summed E-state index contributed by atoms with van der Waals surface area (Å²) >= 11 is 7.05. The van der Waals surface area contributed by atoms with Crippen LogP contribution in [0.25, 0.3) is 0 Å². The molecule has 1 aliphatic carbocycles. The number of hydrogen-bond acceptors (Lipinski definition) is 7. The highest BCUT2D eigenvalue weighted by molar-refractivity contribution is 9.12. The number of non-ortho nitro benzene ring substituents is 1. The van der Waals surface area contributed by atoms with Crippen LogP contribution in [0.4, 0.5) is 5.69 Å². The number of carbonyl (C=O) groups is 4. The fourth-order valence-electron chi connectivity index (χ4n) is 4.47. The van der Waals surface area contributed by atoms with Crippen molar-refractivity contribution in [3.05, 3.63) is 69.8 Å². The molecular weight excluding hydrogens is 602 g/mol. The van der Waals surface area contributed by atoms with Gasteiger partial charge >= 0.3 is 0 Å². The number of benzene rings is 2. The predicted molar refractivity (Wildman–Crippen MR) is 135 cm³/mol. The van der Waals surface area contributed by atoms with Crippen LogP contribution < -0.4 is 4.74 Å². The van der Waals surface area contributed by atoms with Gasteiger partial charge in [0.25, 0.3) is 23.4 Å². The highest BCUT2D eigenvalue weighted by Crippen LogP contribution is 2.43. The quantitative estimate of drug-likeness (QED) is 0.151. The lowest BCUT2D eigenvalue weighted by atomic mass is 9.81. The van der Waals surface area contributed by atoms with E-state index in [1.807, 2.05) is 0 Å². The van der Waals surface area contributed by atoms with Crippen molar-refractivity contribution in [2.45, 2.75) is 22.5 Å². The monoisotopic (exact) mass is 621 g/mol. The predicted octanol–water partition coefficient (Wildman–Crippen LogP) is 3.77. The molecule has 2 aromatic rings. The van der Waals surface area contributed by atoms with Gasteiger partial charge < -0.3 is 4.74 Å². The number of Topliss-reactive ketones (excluding diaryl/α,β-unsaturated/α-hetero) is 1. The van der Waals surface area contributed by atoms with Gasteiger partial charge in [0.2, 0.25) is 0 Å². The van der Waals surface area contributed by atoms with Crippen LogP contribution in [-0.4, -0.2) is 61.8 Å². The molecule has 0 bridgehead atoms. The van der Waals surface area contributed by atoms with Crippen LogP contribution in [0.5, 0.6) is 5.75 Å². The highest BCUT2D eigenvalue weighted by atomic mass is 79.9. The molecule has 4 atom stereocenters. The molecular formula is C24H21Br2N3O7. The van der Waals surface area contributed by atoms with Gasteiger partial charge in [0.15, 0.2) is 5.78 Å². The number of nitro benzene ring substituents is 1. The van der Waals surface area contributed by atoms with Gasteiger partial charge in [0, 0.05) is 32.9 Å². The number of ketones is 1. The van der Waals surface area contributed by atoms with Gasteiger partial charge in [-0.3, -0.25) is 29.3 Å². The fraction of sp³-hybridized carbons (Fsp3) is 0.333. The first-order valence-electron chi connectivity index (χ1n) is 11.0. The second-order valence-electron chi connectivity index (χ2n) is 8.53. The maximum absolute atomic E-state index is 13.6. The summed E-state index contributed by atoms with van der Waals surface area (Å²) in [4.78, 5) is 64.1. The minimum Gasteiger partial charge on any atom is -0.497 e. The maximum Gasteiger partial charge on any atom is 0.273 e. The molecule has 188 valence electrons. The molecule has 2 aliphatic rings. The maximum atomic E-state index is 13.6. The molecule has 2 aromatic carbocycles. The van der Waals surface area contributed by atoms with Crippen molar-refractivity contribution in [1.82, 2.24) is 10.0 Å². The number of nitrogens with zero attached hydrogens (tertiary/aromatic N) is 3.